The van der Waals surface area contributed by atoms with Crippen molar-refractivity contribution in [3.63, 3.8) is 0 Å². The molecule has 0 spiro atoms. The van der Waals surface area contributed by atoms with Gasteiger partial charge in [0, 0.05) is 6.54 Å². The van der Waals surface area contributed by atoms with Crippen molar-refractivity contribution >= 4 is 40.3 Å². The highest BCUT2D eigenvalue weighted by atomic mass is 32.2. The highest BCUT2D eigenvalue weighted by Crippen LogP contribution is 2.33. The third-order valence-corrected chi connectivity index (χ3v) is 4.73. The minimum Gasteiger partial charge on any atom is -0.496 e. The molecule has 1 saturated heterocycles. The second kappa shape index (κ2) is 5.97. The predicted molar refractivity (Wildman–Crippen MR) is 88.0 cm³/mol. The Labute approximate surface area is 129 Å². The number of hydrogen-bond acceptors (Lipinski definition) is 4. The lowest BCUT2D eigenvalue weighted by molar-refractivity contribution is -0.121. The molecule has 0 saturated carbocycles. The fourth-order valence-corrected chi connectivity index (χ4v) is 3.46. The number of hydrogen-bond donors (Lipinski definition) is 0. The van der Waals surface area contributed by atoms with Gasteiger partial charge in [-0.25, -0.2) is 0 Å². The molecule has 106 valence electrons. The molecule has 1 aliphatic heterocycles. The quantitative estimate of drug-likeness (QED) is 0.631. The predicted octanol–water partition coefficient (Wildman–Crippen LogP) is 3.53. The van der Waals surface area contributed by atoms with Crippen LogP contribution in [0.25, 0.3) is 6.08 Å². The molecule has 0 N–H and O–H groups in total. The zero-order valence-electron chi connectivity index (χ0n) is 12.0. The minimum atomic E-state index is -0.0142. The van der Waals surface area contributed by atoms with Crippen LogP contribution in [0.15, 0.2) is 17.0 Å². The van der Waals surface area contributed by atoms with E-state index >= 15 is 0 Å². The molecule has 0 aromatic heterocycles. The van der Waals surface area contributed by atoms with Crippen LogP contribution in [0.2, 0.25) is 0 Å². The number of thioether (sulfide) groups is 1. The van der Waals surface area contributed by atoms with E-state index in [1.165, 1.54) is 11.8 Å². The summed E-state index contributed by atoms with van der Waals surface area (Å²) in [5.41, 5.74) is 3.22. The molecule has 0 unspecified atom stereocenters. The molecule has 0 radical (unpaired) electrons. The summed E-state index contributed by atoms with van der Waals surface area (Å²) in [5, 5.41) is 0. The van der Waals surface area contributed by atoms with Gasteiger partial charge in [-0.2, -0.15) is 0 Å². The molecule has 1 fully saturated rings. The average molecular weight is 307 g/mol. The van der Waals surface area contributed by atoms with E-state index in [9.17, 15) is 4.79 Å². The first kappa shape index (κ1) is 15.1. The molecule has 20 heavy (non-hydrogen) atoms. The topological polar surface area (TPSA) is 29.5 Å². The summed E-state index contributed by atoms with van der Waals surface area (Å²) in [6.07, 6.45) is 1.88. The van der Waals surface area contributed by atoms with Gasteiger partial charge in [-0.05, 0) is 49.6 Å². The Balaban J connectivity index is 2.39. The van der Waals surface area contributed by atoms with Crippen molar-refractivity contribution in [3.05, 3.63) is 33.7 Å². The summed E-state index contributed by atoms with van der Waals surface area (Å²) in [4.78, 5) is 14.5. The monoisotopic (exact) mass is 307 g/mol. The maximum atomic E-state index is 12.2. The molecular weight excluding hydrogens is 290 g/mol. The van der Waals surface area contributed by atoms with Crippen LogP contribution in [0.5, 0.6) is 5.75 Å². The summed E-state index contributed by atoms with van der Waals surface area (Å²) in [5.74, 6) is 0.821. The maximum Gasteiger partial charge on any atom is 0.266 e. The van der Waals surface area contributed by atoms with Gasteiger partial charge in [-0.1, -0.05) is 30.0 Å². The summed E-state index contributed by atoms with van der Waals surface area (Å²) in [6, 6.07) is 4.00. The van der Waals surface area contributed by atoms with E-state index in [-0.39, 0.29) is 5.91 Å². The van der Waals surface area contributed by atoms with Gasteiger partial charge in [0.1, 0.15) is 10.1 Å². The molecule has 1 aromatic rings. The third-order valence-electron chi connectivity index (χ3n) is 3.35. The fourth-order valence-electron chi connectivity index (χ4n) is 2.07. The van der Waals surface area contributed by atoms with Crippen molar-refractivity contribution in [2.24, 2.45) is 0 Å². The van der Waals surface area contributed by atoms with Crippen molar-refractivity contribution in [2.75, 3.05) is 13.7 Å². The lowest BCUT2D eigenvalue weighted by Crippen LogP contribution is -2.27. The molecular formula is C15H17NO2S2. The first-order chi connectivity index (χ1) is 9.47. The SMILES string of the molecule is CCN1C(=O)/C(=C/c2cc(C)c(C)c(OC)c2)SC1=S. The smallest absolute Gasteiger partial charge is 0.266 e. The molecule has 0 bridgehead atoms. The van der Waals surface area contributed by atoms with Crippen LogP contribution in [-0.2, 0) is 4.79 Å². The van der Waals surface area contributed by atoms with Crippen LogP contribution in [-0.4, -0.2) is 28.8 Å². The Kier molecular flexibility index (Phi) is 4.50. The van der Waals surface area contributed by atoms with Crippen LogP contribution in [0.3, 0.4) is 0 Å². The Morgan fingerprint density at radius 3 is 2.65 bits per heavy atom. The van der Waals surface area contributed by atoms with Gasteiger partial charge in [0.2, 0.25) is 0 Å². The Morgan fingerprint density at radius 1 is 1.40 bits per heavy atom. The number of aryl methyl sites for hydroxylation is 1. The number of carbonyl (C=O) groups excluding carboxylic acids is 1. The number of likely N-dealkylation sites (N-methyl/N-ethyl adjacent to an activating group) is 1. The van der Waals surface area contributed by atoms with Gasteiger partial charge < -0.3 is 4.74 Å². The largest absolute Gasteiger partial charge is 0.496 e. The Morgan fingerprint density at radius 2 is 2.10 bits per heavy atom. The van der Waals surface area contributed by atoms with Crippen molar-refractivity contribution in [2.45, 2.75) is 20.8 Å². The average Bonchev–Trinajstić information content (AvgIpc) is 2.68. The molecule has 3 nitrogen and oxygen atoms in total. The van der Waals surface area contributed by atoms with Crippen molar-refractivity contribution in [1.82, 2.24) is 4.90 Å². The highest BCUT2D eigenvalue weighted by Gasteiger charge is 2.30. The van der Waals surface area contributed by atoms with Gasteiger partial charge in [0.25, 0.3) is 5.91 Å². The summed E-state index contributed by atoms with van der Waals surface area (Å²) in [7, 11) is 1.65. The molecule has 0 aliphatic carbocycles. The van der Waals surface area contributed by atoms with Crippen LogP contribution in [0.4, 0.5) is 0 Å². The van der Waals surface area contributed by atoms with Crippen LogP contribution >= 0.6 is 24.0 Å². The zero-order valence-corrected chi connectivity index (χ0v) is 13.7. The van der Waals surface area contributed by atoms with E-state index in [0.29, 0.717) is 15.8 Å². The molecule has 1 heterocycles. The zero-order chi connectivity index (χ0) is 14.9. The van der Waals surface area contributed by atoms with E-state index in [1.54, 1.807) is 12.0 Å². The number of ether oxygens (including phenoxy) is 1. The van der Waals surface area contributed by atoms with Crippen molar-refractivity contribution in [3.8, 4) is 5.75 Å². The van der Waals surface area contributed by atoms with Crippen molar-refractivity contribution < 1.29 is 9.53 Å². The first-order valence-electron chi connectivity index (χ1n) is 6.38. The molecule has 5 heteroatoms. The molecule has 1 aliphatic rings. The maximum absolute atomic E-state index is 12.2. The van der Waals surface area contributed by atoms with Crippen molar-refractivity contribution in [1.29, 1.82) is 0 Å². The van der Waals surface area contributed by atoms with Gasteiger partial charge >= 0.3 is 0 Å². The highest BCUT2D eigenvalue weighted by molar-refractivity contribution is 8.26. The fraction of sp³-hybridized carbons (Fsp3) is 0.333. The molecule has 2 rings (SSSR count). The number of methoxy groups -OCH3 is 1. The number of thiocarbonyl (C=S) groups is 1. The molecule has 1 amide bonds. The van der Waals surface area contributed by atoms with E-state index in [2.05, 4.69) is 6.07 Å². The van der Waals surface area contributed by atoms with Crippen LogP contribution in [0.1, 0.15) is 23.6 Å². The minimum absolute atomic E-state index is 0.0142. The van der Waals surface area contributed by atoms with Gasteiger partial charge in [0.05, 0.1) is 12.0 Å². The van der Waals surface area contributed by atoms with E-state index in [1.807, 2.05) is 32.9 Å². The number of nitrogens with zero attached hydrogens (tertiary/aromatic N) is 1. The normalized spacial score (nSPS) is 17.2. The first-order valence-corrected chi connectivity index (χ1v) is 7.61. The number of rotatable bonds is 3. The second-order valence-corrected chi connectivity index (χ2v) is 6.27. The standard InChI is InChI=1S/C15H17NO2S2/c1-5-16-14(17)13(20-15(16)19)8-11-6-9(2)10(3)12(7-11)18-4/h6-8H,5H2,1-4H3/b13-8-. The summed E-state index contributed by atoms with van der Waals surface area (Å²) >= 11 is 6.56. The van der Waals surface area contributed by atoms with E-state index in [4.69, 9.17) is 17.0 Å². The lowest BCUT2D eigenvalue weighted by atomic mass is 10.0. The third kappa shape index (κ3) is 2.74. The van der Waals surface area contributed by atoms with Gasteiger partial charge in [0.15, 0.2) is 0 Å². The van der Waals surface area contributed by atoms with Gasteiger partial charge in [-0.15, -0.1) is 0 Å². The number of carbonyl (C=O) groups is 1. The van der Waals surface area contributed by atoms with Crippen LogP contribution < -0.4 is 4.74 Å². The van der Waals surface area contributed by atoms with E-state index < -0.39 is 0 Å². The number of amides is 1. The molecule has 0 atom stereocenters. The molecule has 1 aromatic carbocycles. The Hall–Kier alpha value is -1.33. The van der Waals surface area contributed by atoms with Crippen LogP contribution in [0, 0.1) is 13.8 Å². The Bertz CT molecular complexity index is 608. The second-order valence-electron chi connectivity index (χ2n) is 4.59. The van der Waals surface area contributed by atoms with Gasteiger partial charge in [-0.3, -0.25) is 9.69 Å². The lowest BCUT2D eigenvalue weighted by Gasteiger charge is -2.10. The number of benzene rings is 1. The summed E-state index contributed by atoms with van der Waals surface area (Å²) in [6.45, 7) is 6.59. The summed E-state index contributed by atoms with van der Waals surface area (Å²) < 4.78 is 5.99. The van der Waals surface area contributed by atoms with E-state index in [0.717, 1.165) is 22.4 Å².